The van der Waals surface area contributed by atoms with E-state index in [1.165, 1.54) is 19.3 Å². The quantitative estimate of drug-likeness (QED) is 0.0739. The summed E-state index contributed by atoms with van der Waals surface area (Å²) in [5, 5.41) is 4.94. The molecule has 0 atom stereocenters. The number of hydrogen-bond acceptors (Lipinski definition) is 6. The molecule has 1 saturated carbocycles. The van der Waals surface area contributed by atoms with Gasteiger partial charge >= 0.3 is 0 Å². The summed E-state index contributed by atoms with van der Waals surface area (Å²) in [5.74, 6) is 1.35. The minimum absolute atomic E-state index is 0.403. The molecular formula is C35H50BrN5O2Si2. The van der Waals surface area contributed by atoms with Crippen molar-refractivity contribution in [1.29, 1.82) is 0 Å². The molecule has 1 fully saturated rings. The van der Waals surface area contributed by atoms with Crippen LogP contribution in [0.25, 0.3) is 28.0 Å². The fourth-order valence-electron chi connectivity index (χ4n) is 5.70. The first-order valence-electron chi connectivity index (χ1n) is 16.5. The summed E-state index contributed by atoms with van der Waals surface area (Å²) in [6, 6.07) is 16.7. The van der Waals surface area contributed by atoms with Crippen LogP contribution in [0.1, 0.15) is 43.7 Å². The van der Waals surface area contributed by atoms with Gasteiger partial charge in [-0.3, -0.25) is 4.98 Å². The summed E-state index contributed by atoms with van der Waals surface area (Å²) < 4.78 is 15.7. The Kier molecular flexibility index (Phi) is 11.3. The third kappa shape index (κ3) is 9.13. The van der Waals surface area contributed by atoms with Crippen molar-refractivity contribution in [1.82, 2.24) is 19.6 Å². The lowest BCUT2D eigenvalue weighted by Gasteiger charge is -2.29. The molecule has 0 saturated heterocycles. The topological polar surface area (TPSA) is 64.8 Å². The van der Waals surface area contributed by atoms with E-state index in [1.807, 2.05) is 35.1 Å². The summed E-state index contributed by atoms with van der Waals surface area (Å²) in [5.41, 5.74) is 6.00. The van der Waals surface area contributed by atoms with Crippen LogP contribution in [0.2, 0.25) is 51.4 Å². The van der Waals surface area contributed by atoms with Crippen LogP contribution < -0.4 is 4.90 Å². The average Bonchev–Trinajstić information content (AvgIpc) is 3.44. The second-order valence-corrected chi connectivity index (χ2v) is 26.8. The number of ether oxygens (including phenoxy) is 2. The van der Waals surface area contributed by atoms with Crippen molar-refractivity contribution in [2.45, 2.75) is 89.4 Å². The third-order valence-electron chi connectivity index (χ3n) is 8.51. The maximum absolute atomic E-state index is 6.36. The summed E-state index contributed by atoms with van der Waals surface area (Å²) in [7, 11) is -2.44. The van der Waals surface area contributed by atoms with E-state index >= 15 is 0 Å². The molecule has 10 heteroatoms. The fourth-order valence-corrected chi connectivity index (χ4v) is 8.04. The molecular weight excluding hydrogens is 658 g/mol. The molecule has 4 aromatic rings. The summed E-state index contributed by atoms with van der Waals surface area (Å²) in [6.45, 7) is 16.7. The van der Waals surface area contributed by atoms with Crippen molar-refractivity contribution < 1.29 is 9.47 Å². The Balaban J connectivity index is 1.54. The number of hydrogen-bond donors (Lipinski definition) is 0. The number of aromatic nitrogens is 4. The predicted octanol–water partition coefficient (Wildman–Crippen LogP) is 9.70. The molecule has 0 radical (unpaired) electrons. The molecule has 0 aliphatic heterocycles. The van der Waals surface area contributed by atoms with Crippen LogP contribution in [0.4, 0.5) is 5.82 Å². The molecule has 0 amide bonds. The van der Waals surface area contributed by atoms with Crippen LogP contribution in [0.5, 0.6) is 0 Å². The largest absolute Gasteiger partial charge is 0.361 e. The van der Waals surface area contributed by atoms with Gasteiger partial charge in [-0.25, -0.2) is 4.98 Å². The van der Waals surface area contributed by atoms with Crippen LogP contribution >= 0.6 is 15.9 Å². The van der Waals surface area contributed by atoms with E-state index < -0.39 is 16.1 Å². The lowest BCUT2D eigenvalue weighted by atomic mass is 9.87. The first-order valence-corrected chi connectivity index (χ1v) is 24.7. The average molecular weight is 709 g/mol. The lowest BCUT2D eigenvalue weighted by Crippen LogP contribution is -2.34. The molecule has 0 bridgehead atoms. The molecule has 1 aromatic carbocycles. The molecule has 0 unspecified atom stereocenters. The molecule has 242 valence electrons. The van der Waals surface area contributed by atoms with E-state index in [-0.39, 0.29) is 0 Å². The maximum Gasteiger partial charge on any atom is 0.165 e. The predicted molar refractivity (Wildman–Crippen MR) is 196 cm³/mol. The Bertz CT molecular complexity index is 1510. The molecule has 0 N–H and O–H groups in total. The monoisotopic (exact) mass is 707 g/mol. The number of fused-ring (bicyclic) bond motifs is 1. The second kappa shape index (κ2) is 15.0. The first-order chi connectivity index (χ1) is 21.5. The summed E-state index contributed by atoms with van der Waals surface area (Å²) >= 11 is 4.05. The van der Waals surface area contributed by atoms with Crippen LogP contribution in [0.15, 0.2) is 59.3 Å². The van der Waals surface area contributed by atoms with Crippen molar-refractivity contribution >= 4 is 43.5 Å². The van der Waals surface area contributed by atoms with Crippen molar-refractivity contribution in [3.05, 3.63) is 65.0 Å². The van der Waals surface area contributed by atoms with Gasteiger partial charge in [0, 0.05) is 58.2 Å². The van der Waals surface area contributed by atoms with Crippen molar-refractivity contribution in [2.75, 3.05) is 31.6 Å². The normalized spacial score (nSPS) is 14.7. The molecule has 0 spiro atoms. The van der Waals surface area contributed by atoms with Gasteiger partial charge in [0.25, 0.3) is 0 Å². The molecule has 1 aliphatic carbocycles. The lowest BCUT2D eigenvalue weighted by molar-refractivity contribution is 0.0941. The first kappa shape index (κ1) is 34.0. The summed E-state index contributed by atoms with van der Waals surface area (Å²) in [6.07, 6.45) is 9.94. The van der Waals surface area contributed by atoms with Gasteiger partial charge in [0.2, 0.25) is 0 Å². The van der Waals surface area contributed by atoms with Gasteiger partial charge in [-0.1, -0.05) is 94.9 Å². The Morgan fingerprint density at radius 1 is 0.822 bits per heavy atom. The SMILES string of the molecule is C[Si](C)(C)CCOCN(COCC[Si](C)(C)C)c1c(Br)c(C2CCCCC2)nc2c(-c3ccc(-c4ccccc4)nc3)cnn12. The van der Waals surface area contributed by atoms with Gasteiger partial charge in [0.15, 0.2) is 11.5 Å². The van der Waals surface area contributed by atoms with E-state index in [4.69, 9.17) is 24.5 Å². The third-order valence-corrected chi connectivity index (χ3v) is 12.7. The van der Waals surface area contributed by atoms with E-state index in [0.717, 1.165) is 82.2 Å². The van der Waals surface area contributed by atoms with Gasteiger partial charge in [-0.15, -0.1) is 0 Å². The zero-order chi connectivity index (χ0) is 32.0. The number of pyridine rings is 1. The highest BCUT2D eigenvalue weighted by Gasteiger charge is 2.28. The molecule has 45 heavy (non-hydrogen) atoms. The molecule has 5 rings (SSSR count). The van der Waals surface area contributed by atoms with E-state index in [0.29, 0.717) is 19.4 Å². The van der Waals surface area contributed by atoms with Gasteiger partial charge < -0.3 is 14.4 Å². The van der Waals surface area contributed by atoms with Crippen LogP contribution in [0, 0.1) is 0 Å². The Hall–Kier alpha value is -2.38. The van der Waals surface area contributed by atoms with Crippen LogP contribution in [-0.2, 0) is 9.47 Å². The highest BCUT2D eigenvalue weighted by molar-refractivity contribution is 9.10. The van der Waals surface area contributed by atoms with Crippen molar-refractivity contribution in [3.8, 4) is 22.4 Å². The molecule has 7 nitrogen and oxygen atoms in total. The highest BCUT2D eigenvalue weighted by atomic mass is 79.9. The maximum atomic E-state index is 6.36. The fraction of sp³-hybridized carbons (Fsp3) is 0.514. The van der Waals surface area contributed by atoms with Gasteiger partial charge in [-0.2, -0.15) is 9.61 Å². The number of halogens is 1. The number of nitrogens with zero attached hydrogens (tertiary/aromatic N) is 5. The molecule has 3 aromatic heterocycles. The zero-order valence-corrected chi connectivity index (χ0v) is 31.6. The van der Waals surface area contributed by atoms with E-state index in [1.54, 1.807) is 0 Å². The van der Waals surface area contributed by atoms with Crippen molar-refractivity contribution in [2.24, 2.45) is 0 Å². The van der Waals surface area contributed by atoms with Crippen LogP contribution in [0.3, 0.4) is 0 Å². The zero-order valence-electron chi connectivity index (χ0n) is 28.0. The Labute approximate surface area is 279 Å². The standard InChI is InChI=1S/C35H50BrN5O2Si2/c1-44(2,3)21-19-42-25-40(26-43-20-22-45(4,5)6)35-32(36)33(28-15-11-8-12-16-28)39-34-30(24-38-41(34)35)29-17-18-31(37-23-29)27-13-9-7-10-14-27/h7,9-10,13-14,17-18,23-24,28H,8,11-12,15-16,19-22,25-26H2,1-6H3. The number of benzene rings is 1. The van der Waals surface area contributed by atoms with E-state index in [9.17, 15) is 0 Å². The number of rotatable bonds is 14. The van der Waals surface area contributed by atoms with Crippen LogP contribution in [-0.4, -0.2) is 62.4 Å². The minimum atomic E-state index is -1.22. The van der Waals surface area contributed by atoms with E-state index in [2.05, 4.69) is 84.4 Å². The highest BCUT2D eigenvalue weighted by Crippen LogP contribution is 2.41. The summed E-state index contributed by atoms with van der Waals surface area (Å²) in [4.78, 5) is 12.4. The molecule has 1 aliphatic rings. The minimum Gasteiger partial charge on any atom is -0.361 e. The van der Waals surface area contributed by atoms with Gasteiger partial charge in [0.05, 0.1) is 22.1 Å². The number of anilines is 1. The van der Waals surface area contributed by atoms with Crippen molar-refractivity contribution in [3.63, 3.8) is 0 Å². The molecule has 3 heterocycles. The van der Waals surface area contributed by atoms with Gasteiger partial charge in [0.1, 0.15) is 13.5 Å². The Morgan fingerprint density at radius 2 is 1.47 bits per heavy atom. The second-order valence-electron chi connectivity index (χ2n) is 14.8. The van der Waals surface area contributed by atoms with Gasteiger partial charge in [-0.05, 0) is 46.9 Å². The Morgan fingerprint density at radius 3 is 2.04 bits per heavy atom. The smallest absolute Gasteiger partial charge is 0.165 e.